The zero-order valence-corrected chi connectivity index (χ0v) is 9.41. The highest BCUT2D eigenvalue weighted by Gasteiger charge is 2.14. The van der Waals surface area contributed by atoms with E-state index < -0.39 is 0 Å². The number of allylic oxidation sites excluding steroid dienone is 2. The predicted molar refractivity (Wildman–Crippen MR) is 58.6 cm³/mol. The van der Waals surface area contributed by atoms with Crippen molar-refractivity contribution in [3.63, 3.8) is 0 Å². The molecule has 3 heteroatoms. The van der Waals surface area contributed by atoms with Gasteiger partial charge in [0.25, 0.3) is 0 Å². The standard InChI is InChI=1S/C12H20O3/c1-11(6-4-8-13)5-2-3-7-12-14-9-10-15-12/h5,8,12H,2-4,6-7,9-10H2,1H3/b11-5+. The molecule has 1 aliphatic rings. The average molecular weight is 212 g/mol. The molecule has 0 saturated carbocycles. The van der Waals surface area contributed by atoms with E-state index in [1.807, 2.05) is 0 Å². The molecule has 1 fully saturated rings. The Morgan fingerprint density at radius 3 is 2.73 bits per heavy atom. The molecule has 1 heterocycles. The summed E-state index contributed by atoms with van der Waals surface area (Å²) in [6.07, 6.45) is 7.83. The number of ether oxygens (including phenoxy) is 2. The molecule has 1 aliphatic heterocycles. The van der Waals surface area contributed by atoms with Crippen molar-refractivity contribution in [1.29, 1.82) is 0 Å². The van der Waals surface area contributed by atoms with Crippen LogP contribution in [0.25, 0.3) is 0 Å². The minimum Gasteiger partial charge on any atom is -0.350 e. The lowest BCUT2D eigenvalue weighted by molar-refractivity contribution is -0.107. The number of carbonyl (C=O) groups is 1. The van der Waals surface area contributed by atoms with Crippen LogP contribution in [0.2, 0.25) is 0 Å². The van der Waals surface area contributed by atoms with E-state index in [1.165, 1.54) is 5.57 Å². The van der Waals surface area contributed by atoms with Gasteiger partial charge in [-0.15, -0.1) is 0 Å². The zero-order chi connectivity index (χ0) is 10.9. The van der Waals surface area contributed by atoms with E-state index in [9.17, 15) is 4.79 Å². The minimum absolute atomic E-state index is 0.0219. The summed E-state index contributed by atoms with van der Waals surface area (Å²) in [6, 6.07) is 0. The normalized spacial score (nSPS) is 18.3. The number of unbranched alkanes of at least 4 members (excludes halogenated alkanes) is 1. The number of hydrogen-bond acceptors (Lipinski definition) is 3. The maximum atomic E-state index is 10.2. The van der Waals surface area contributed by atoms with Crippen LogP contribution in [-0.2, 0) is 14.3 Å². The third-order valence-corrected chi connectivity index (χ3v) is 2.48. The van der Waals surface area contributed by atoms with E-state index >= 15 is 0 Å². The Labute approximate surface area is 91.4 Å². The highest BCUT2D eigenvalue weighted by Crippen LogP contribution is 2.13. The molecule has 0 aromatic carbocycles. The van der Waals surface area contributed by atoms with E-state index in [2.05, 4.69) is 13.0 Å². The predicted octanol–water partition coefficient (Wildman–Crippen LogP) is 2.46. The van der Waals surface area contributed by atoms with Gasteiger partial charge in [0.2, 0.25) is 0 Å². The summed E-state index contributed by atoms with van der Waals surface area (Å²) in [4.78, 5) is 10.2. The second-order valence-corrected chi connectivity index (χ2v) is 3.86. The lowest BCUT2D eigenvalue weighted by Crippen LogP contribution is -2.06. The lowest BCUT2D eigenvalue weighted by atomic mass is 10.1. The Morgan fingerprint density at radius 1 is 1.33 bits per heavy atom. The highest BCUT2D eigenvalue weighted by molar-refractivity contribution is 5.49. The third-order valence-electron chi connectivity index (χ3n) is 2.48. The summed E-state index contributed by atoms with van der Waals surface area (Å²) in [5.74, 6) is 0. The van der Waals surface area contributed by atoms with E-state index in [0.717, 1.165) is 45.2 Å². The van der Waals surface area contributed by atoms with Crippen LogP contribution in [-0.4, -0.2) is 25.8 Å². The Bertz CT molecular complexity index is 205. The van der Waals surface area contributed by atoms with Crippen LogP contribution in [0.1, 0.15) is 39.0 Å². The summed E-state index contributed by atoms with van der Waals surface area (Å²) in [7, 11) is 0. The van der Waals surface area contributed by atoms with Gasteiger partial charge in [0, 0.05) is 6.42 Å². The summed E-state index contributed by atoms with van der Waals surface area (Å²) >= 11 is 0. The first-order chi connectivity index (χ1) is 7.33. The van der Waals surface area contributed by atoms with Crippen LogP contribution < -0.4 is 0 Å². The van der Waals surface area contributed by atoms with Gasteiger partial charge in [-0.05, 0) is 32.6 Å². The first-order valence-electron chi connectivity index (χ1n) is 5.65. The lowest BCUT2D eigenvalue weighted by Gasteiger charge is -2.07. The van der Waals surface area contributed by atoms with Gasteiger partial charge in [0.15, 0.2) is 6.29 Å². The number of rotatable bonds is 7. The van der Waals surface area contributed by atoms with Crippen molar-refractivity contribution in [2.24, 2.45) is 0 Å². The molecule has 0 aromatic rings. The topological polar surface area (TPSA) is 35.5 Å². The quantitative estimate of drug-likeness (QED) is 0.369. The van der Waals surface area contributed by atoms with E-state index in [1.54, 1.807) is 0 Å². The summed E-state index contributed by atoms with van der Waals surface area (Å²) in [6.45, 7) is 3.55. The van der Waals surface area contributed by atoms with Gasteiger partial charge in [0.1, 0.15) is 6.29 Å². The molecule has 3 nitrogen and oxygen atoms in total. The summed E-state index contributed by atoms with van der Waals surface area (Å²) < 4.78 is 10.7. The van der Waals surface area contributed by atoms with E-state index in [0.29, 0.717) is 6.42 Å². The minimum atomic E-state index is 0.0219. The number of hydrogen-bond donors (Lipinski definition) is 0. The molecule has 1 saturated heterocycles. The Balaban J connectivity index is 2.01. The molecule has 0 spiro atoms. The van der Waals surface area contributed by atoms with Crippen molar-refractivity contribution in [2.45, 2.75) is 45.3 Å². The molecule has 86 valence electrons. The monoisotopic (exact) mass is 212 g/mol. The largest absolute Gasteiger partial charge is 0.350 e. The Kier molecular flexibility index (Phi) is 6.28. The van der Waals surface area contributed by atoms with E-state index in [4.69, 9.17) is 9.47 Å². The summed E-state index contributed by atoms with van der Waals surface area (Å²) in [5.41, 5.74) is 1.30. The van der Waals surface area contributed by atoms with Crippen molar-refractivity contribution in [2.75, 3.05) is 13.2 Å². The third kappa shape index (κ3) is 5.70. The van der Waals surface area contributed by atoms with Gasteiger partial charge >= 0.3 is 0 Å². The van der Waals surface area contributed by atoms with Gasteiger partial charge in [0.05, 0.1) is 13.2 Å². The van der Waals surface area contributed by atoms with Gasteiger partial charge < -0.3 is 14.3 Å². The fourth-order valence-electron chi connectivity index (χ4n) is 1.60. The molecule has 0 atom stereocenters. The summed E-state index contributed by atoms with van der Waals surface area (Å²) in [5, 5.41) is 0. The van der Waals surface area contributed by atoms with Crippen molar-refractivity contribution in [3.8, 4) is 0 Å². The van der Waals surface area contributed by atoms with Crippen LogP contribution in [0.5, 0.6) is 0 Å². The van der Waals surface area contributed by atoms with Gasteiger partial charge in [-0.25, -0.2) is 0 Å². The molecular weight excluding hydrogens is 192 g/mol. The smallest absolute Gasteiger partial charge is 0.157 e. The maximum absolute atomic E-state index is 10.2. The van der Waals surface area contributed by atoms with Crippen LogP contribution in [0.3, 0.4) is 0 Å². The van der Waals surface area contributed by atoms with Gasteiger partial charge in [-0.2, -0.15) is 0 Å². The molecule has 0 aliphatic carbocycles. The van der Waals surface area contributed by atoms with Gasteiger partial charge in [-0.1, -0.05) is 11.6 Å². The highest BCUT2D eigenvalue weighted by atomic mass is 16.7. The second-order valence-electron chi connectivity index (χ2n) is 3.86. The Morgan fingerprint density at radius 2 is 2.07 bits per heavy atom. The van der Waals surface area contributed by atoms with Crippen molar-refractivity contribution >= 4 is 6.29 Å². The van der Waals surface area contributed by atoms with Crippen LogP contribution in [0.15, 0.2) is 11.6 Å². The van der Waals surface area contributed by atoms with Crippen LogP contribution in [0.4, 0.5) is 0 Å². The first kappa shape index (κ1) is 12.4. The second kappa shape index (κ2) is 7.60. The fourth-order valence-corrected chi connectivity index (χ4v) is 1.60. The SMILES string of the molecule is C/C(=C\CCCC1OCCO1)CCC=O. The molecule has 0 amide bonds. The molecule has 0 N–H and O–H groups in total. The molecule has 1 rings (SSSR count). The molecular formula is C12H20O3. The molecule has 0 bridgehead atoms. The van der Waals surface area contributed by atoms with Crippen LogP contribution in [0, 0.1) is 0 Å². The molecule has 15 heavy (non-hydrogen) atoms. The molecule has 0 radical (unpaired) electrons. The first-order valence-corrected chi connectivity index (χ1v) is 5.65. The van der Waals surface area contributed by atoms with Crippen molar-refractivity contribution in [1.82, 2.24) is 0 Å². The Hall–Kier alpha value is -0.670. The van der Waals surface area contributed by atoms with Crippen molar-refractivity contribution in [3.05, 3.63) is 11.6 Å². The van der Waals surface area contributed by atoms with E-state index in [-0.39, 0.29) is 6.29 Å². The zero-order valence-electron chi connectivity index (χ0n) is 9.41. The number of carbonyl (C=O) groups excluding carboxylic acids is 1. The maximum Gasteiger partial charge on any atom is 0.157 e. The molecule has 0 unspecified atom stereocenters. The molecule has 0 aromatic heterocycles. The van der Waals surface area contributed by atoms with Crippen LogP contribution >= 0.6 is 0 Å². The van der Waals surface area contributed by atoms with Crippen molar-refractivity contribution < 1.29 is 14.3 Å². The number of aldehydes is 1. The fraction of sp³-hybridized carbons (Fsp3) is 0.750. The average Bonchev–Trinajstić information content (AvgIpc) is 2.74. The van der Waals surface area contributed by atoms with Gasteiger partial charge in [-0.3, -0.25) is 0 Å².